The van der Waals surface area contributed by atoms with Gasteiger partial charge in [0, 0.05) is 11.1 Å². The molecule has 178 valence electrons. The fourth-order valence-electron chi connectivity index (χ4n) is 2.77. The summed E-state index contributed by atoms with van der Waals surface area (Å²) in [6, 6.07) is 11.5. The van der Waals surface area contributed by atoms with E-state index in [1.807, 2.05) is 5.43 Å². The molecule has 0 saturated carbocycles. The number of halogens is 5. The normalized spacial score (nSPS) is 12.0. The van der Waals surface area contributed by atoms with Crippen LogP contribution < -0.4 is 9.61 Å². The first-order valence-corrected chi connectivity index (χ1v) is 10.8. The van der Waals surface area contributed by atoms with Gasteiger partial charge in [0.05, 0.1) is 18.2 Å². The summed E-state index contributed by atoms with van der Waals surface area (Å²) in [7, 11) is -4.58. The molecule has 6 nitrogen and oxygen atoms in total. The van der Waals surface area contributed by atoms with Crippen LogP contribution in [0.3, 0.4) is 0 Å². The molecule has 0 heterocycles. The zero-order valence-electron chi connectivity index (χ0n) is 17.0. The van der Waals surface area contributed by atoms with Crippen LogP contribution in [-0.2, 0) is 27.5 Å². The van der Waals surface area contributed by atoms with Crippen LogP contribution >= 0.6 is 0 Å². The second kappa shape index (κ2) is 10.00. The molecular weight excluding hydrogens is 483 g/mol. The Bertz CT molecular complexity index is 1330. The van der Waals surface area contributed by atoms with Gasteiger partial charge >= 0.3 is 16.3 Å². The van der Waals surface area contributed by atoms with E-state index in [-0.39, 0.29) is 11.3 Å². The van der Waals surface area contributed by atoms with Gasteiger partial charge in [-0.3, -0.25) is 4.79 Å². The third kappa shape index (κ3) is 6.38. The topological polar surface area (TPSA) is 84.8 Å². The summed E-state index contributed by atoms with van der Waals surface area (Å²) < 4.78 is 96.6. The Kier molecular flexibility index (Phi) is 7.30. The second-order valence-corrected chi connectivity index (χ2v) is 8.32. The molecule has 0 saturated heterocycles. The van der Waals surface area contributed by atoms with Gasteiger partial charge in [-0.2, -0.15) is 26.7 Å². The Balaban J connectivity index is 1.86. The largest absolute Gasteiger partial charge is 0.416 e. The standard InChI is InChI=1S/C22H15F5N2O4S/c23-17-7-8-19(24)14(11-17)12-21(30)29-28-13-15-10-16(22(25,26)27)6-9-20(15)34(31,32)33-18-4-2-1-3-5-18/h1-11,13H,12H2,(H,29,30)/b28-13+. The number of nitrogens with one attached hydrogen (secondary N) is 1. The van der Waals surface area contributed by atoms with Crippen molar-refractivity contribution in [2.45, 2.75) is 17.5 Å². The first-order valence-electron chi connectivity index (χ1n) is 9.42. The summed E-state index contributed by atoms with van der Waals surface area (Å²) in [6.45, 7) is 0. The predicted molar refractivity (Wildman–Crippen MR) is 111 cm³/mol. The highest BCUT2D eigenvalue weighted by atomic mass is 32.2. The molecule has 1 amide bonds. The lowest BCUT2D eigenvalue weighted by Gasteiger charge is -2.12. The van der Waals surface area contributed by atoms with Gasteiger partial charge in [0.2, 0.25) is 5.91 Å². The minimum Gasteiger partial charge on any atom is -0.379 e. The maximum Gasteiger partial charge on any atom is 0.416 e. The Hall–Kier alpha value is -3.80. The van der Waals surface area contributed by atoms with Crippen LogP contribution in [0.4, 0.5) is 22.0 Å². The molecule has 0 fully saturated rings. The average Bonchev–Trinajstić information content (AvgIpc) is 2.76. The minimum atomic E-state index is -4.79. The highest BCUT2D eigenvalue weighted by Crippen LogP contribution is 2.32. The molecule has 0 spiro atoms. The number of alkyl halides is 3. The number of amides is 1. The molecule has 3 aromatic rings. The Morgan fingerprint density at radius 3 is 2.38 bits per heavy atom. The van der Waals surface area contributed by atoms with Gasteiger partial charge in [0.15, 0.2) is 0 Å². The van der Waals surface area contributed by atoms with Crippen LogP contribution in [0.5, 0.6) is 5.75 Å². The van der Waals surface area contributed by atoms with Crippen LogP contribution in [0.15, 0.2) is 76.7 Å². The summed E-state index contributed by atoms with van der Waals surface area (Å²) in [5, 5.41) is 3.47. The fourth-order valence-corrected chi connectivity index (χ4v) is 3.86. The van der Waals surface area contributed by atoms with Crippen molar-refractivity contribution in [3.05, 3.63) is 95.1 Å². The fraction of sp³-hybridized carbons (Fsp3) is 0.0909. The van der Waals surface area contributed by atoms with Crippen molar-refractivity contribution >= 4 is 22.2 Å². The zero-order chi connectivity index (χ0) is 24.9. The maximum absolute atomic E-state index is 13.7. The first-order chi connectivity index (χ1) is 16.0. The number of hydrazone groups is 1. The third-order valence-electron chi connectivity index (χ3n) is 4.31. The van der Waals surface area contributed by atoms with Crippen molar-refractivity contribution < 1.29 is 39.3 Å². The third-order valence-corrected chi connectivity index (χ3v) is 5.63. The lowest BCUT2D eigenvalue weighted by atomic mass is 10.1. The molecule has 0 aliphatic heterocycles. The molecule has 1 N–H and O–H groups in total. The summed E-state index contributed by atoms with van der Waals surface area (Å²) >= 11 is 0. The van der Waals surface area contributed by atoms with E-state index in [1.54, 1.807) is 6.07 Å². The second-order valence-electron chi connectivity index (χ2n) is 6.81. The number of carbonyl (C=O) groups is 1. The van der Waals surface area contributed by atoms with Crippen LogP contribution in [-0.4, -0.2) is 20.5 Å². The van der Waals surface area contributed by atoms with Gasteiger partial charge < -0.3 is 4.18 Å². The van der Waals surface area contributed by atoms with E-state index in [2.05, 4.69) is 5.10 Å². The highest BCUT2D eigenvalue weighted by molar-refractivity contribution is 7.87. The van der Waals surface area contributed by atoms with Crippen LogP contribution in [0.25, 0.3) is 0 Å². The smallest absolute Gasteiger partial charge is 0.379 e. The molecule has 12 heteroatoms. The molecule has 0 aliphatic rings. The van der Waals surface area contributed by atoms with Crippen LogP contribution in [0.2, 0.25) is 0 Å². The molecule has 34 heavy (non-hydrogen) atoms. The summed E-state index contributed by atoms with van der Waals surface area (Å²) in [5.41, 5.74) is -0.0255. The monoisotopic (exact) mass is 498 g/mol. The molecule has 0 aromatic heterocycles. The summed E-state index contributed by atoms with van der Waals surface area (Å²) in [6.07, 6.45) is -4.73. The quantitative estimate of drug-likeness (QED) is 0.226. The molecule has 3 rings (SSSR count). The molecule has 0 radical (unpaired) electrons. The van der Waals surface area contributed by atoms with Gasteiger partial charge in [-0.25, -0.2) is 14.2 Å². The Morgan fingerprint density at radius 2 is 1.71 bits per heavy atom. The number of hydrogen-bond donors (Lipinski definition) is 1. The lowest BCUT2D eigenvalue weighted by Crippen LogP contribution is -2.21. The zero-order valence-corrected chi connectivity index (χ0v) is 17.8. The molecular formula is C22H15F5N2O4S. The molecule has 0 atom stereocenters. The Morgan fingerprint density at radius 1 is 1.00 bits per heavy atom. The van der Waals surface area contributed by atoms with Crippen LogP contribution in [0.1, 0.15) is 16.7 Å². The van der Waals surface area contributed by atoms with Gasteiger partial charge in [0.25, 0.3) is 0 Å². The van der Waals surface area contributed by atoms with E-state index in [4.69, 9.17) is 4.18 Å². The van der Waals surface area contributed by atoms with Gasteiger partial charge in [-0.1, -0.05) is 18.2 Å². The number of carbonyl (C=O) groups excluding carboxylic acids is 1. The van der Waals surface area contributed by atoms with Gasteiger partial charge in [0.1, 0.15) is 22.3 Å². The maximum atomic E-state index is 13.7. The van der Waals surface area contributed by atoms with E-state index in [1.165, 1.54) is 24.3 Å². The number of rotatable bonds is 7. The lowest BCUT2D eigenvalue weighted by molar-refractivity contribution is -0.137. The van der Waals surface area contributed by atoms with Crippen molar-refractivity contribution in [1.29, 1.82) is 0 Å². The van der Waals surface area contributed by atoms with E-state index >= 15 is 0 Å². The SMILES string of the molecule is O=C(Cc1cc(F)ccc1F)N/N=C/c1cc(C(F)(F)F)ccc1S(=O)(=O)Oc1ccccc1. The van der Waals surface area contributed by atoms with Crippen molar-refractivity contribution in [3.8, 4) is 5.75 Å². The van der Waals surface area contributed by atoms with Gasteiger partial charge in [-0.15, -0.1) is 0 Å². The number of para-hydroxylation sites is 1. The molecule has 0 bridgehead atoms. The van der Waals surface area contributed by atoms with Crippen molar-refractivity contribution in [3.63, 3.8) is 0 Å². The Labute approximate surface area is 190 Å². The van der Waals surface area contributed by atoms with Gasteiger partial charge in [-0.05, 0) is 48.5 Å². The molecule has 0 unspecified atom stereocenters. The summed E-state index contributed by atoms with van der Waals surface area (Å²) in [4.78, 5) is 11.3. The van der Waals surface area contributed by atoms with Crippen molar-refractivity contribution in [2.75, 3.05) is 0 Å². The van der Waals surface area contributed by atoms with Crippen molar-refractivity contribution in [2.24, 2.45) is 5.10 Å². The highest BCUT2D eigenvalue weighted by Gasteiger charge is 2.32. The minimum absolute atomic E-state index is 0.0734. The van der Waals surface area contributed by atoms with E-state index in [9.17, 15) is 35.2 Å². The van der Waals surface area contributed by atoms with E-state index in [0.29, 0.717) is 24.4 Å². The number of benzene rings is 3. The van der Waals surface area contributed by atoms with E-state index in [0.717, 1.165) is 18.2 Å². The predicted octanol–water partition coefficient (Wildman–Crippen LogP) is 4.44. The van der Waals surface area contributed by atoms with Crippen LogP contribution in [0, 0.1) is 11.6 Å². The number of hydrogen-bond acceptors (Lipinski definition) is 5. The number of nitrogens with zero attached hydrogens (tertiary/aromatic N) is 1. The molecule has 3 aromatic carbocycles. The summed E-state index contributed by atoms with van der Waals surface area (Å²) in [5.74, 6) is -2.61. The first kappa shape index (κ1) is 24.8. The van der Waals surface area contributed by atoms with Crippen molar-refractivity contribution in [1.82, 2.24) is 5.43 Å². The molecule has 0 aliphatic carbocycles. The average molecular weight is 498 g/mol. The van der Waals surface area contributed by atoms with E-state index < -0.39 is 56.3 Å².